The minimum Gasteiger partial charge on any atom is -0.409 e. The summed E-state index contributed by atoms with van der Waals surface area (Å²) in [4.78, 5) is 4.69. The zero-order valence-corrected chi connectivity index (χ0v) is 12.4. The van der Waals surface area contributed by atoms with Crippen LogP contribution in [0.2, 0.25) is 5.02 Å². The molecular weight excluding hydrogens is 276 g/mol. The zero-order chi connectivity index (χ0) is 14.5. The maximum Gasteiger partial charge on any atom is 0.140 e. The molecule has 6 heteroatoms. The molecule has 1 aromatic carbocycles. The predicted molar refractivity (Wildman–Crippen MR) is 82.7 cm³/mol. The second kappa shape index (κ2) is 6.81. The lowest BCUT2D eigenvalue weighted by atomic mass is 10.1. The van der Waals surface area contributed by atoms with Gasteiger partial charge in [0, 0.05) is 49.4 Å². The molecular formula is C14H21ClN4O. The first-order chi connectivity index (χ1) is 9.60. The molecule has 1 heterocycles. The summed E-state index contributed by atoms with van der Waals surface area (Å²) in [6.45, 7) is 5.95. The van der Waals surface area contributed by atoms with Crippen molar-refractivity contribution < 1.29 is 5.21 Å². The van der Waals surface area contributed by atoms with Gasteiger partial charge in [-0.25, -0.2) is 0 Å². The highest BCUT2D eigenvalue weighted by molar-refractivity contribution is 6.30. The van der Waals surface area contributed by atoms with E-state index in [1.165, 1.54) is 5.69 Å². The second-order valence-electron chi connectivity index (χ2n) is 5.15. The molecule has 0 saturated carbocycles. The van der Waals surface area contributed by atoms with Crippen molar-refractivity contribution in [3.63, 3.8) is 0 Å². The first-order valence-electron chi connectivity index (χ1n) is 6.81. The van der Waals surface area contributed by atoms with E-state index in [1.807, 2.05) is 18.2 Å². The molecule has 1 aliphatic heterocycles. The van der Waals surface area contributed by atoms with Crippen LogP contribution in [0.15, 0.2) is 29.4 Å². The predicted octanol–water partition coefficient (Wildman–Crippen LogP) is 1.99. The number of amidine groups is 1. The summed E-state index contributed by atoms with van der Waals surface area (Å²) in [5.74, 6) is 0.287. The molecule has 110 valence electrons. The van der Waals surface area contributed by atoms with Gasteiger partial charge in [0.2, 0.25) is 0 Å². The number of rotatable bonds is 4. The van der Waals surface area contributed by atoms with Crippen LogP contribution in [0.3, 0.4) is 0 Å². The van der Waals surface area contributed by atoms with Crippen LogP contribution < -0.4 is 10.6 Å². The van der Waals surface area contributed by atoms with Gasteiger partial charge in [0.25, 0.3) is 0 Å². The Balaban J connectivity index is 1.89. The van der Waals surface area contributed by atoms with Gasteiger partial charge in [-0.1, -0.05) is 22.8 Å². The van der Waals surface area contributed by atoms with Gasteiger partial charge in [-0.15, -0.1) is 0 Å². The van der Waals surface area contributed by atoms with E-state index >= 15 is 0 Å². The monoisotopic (exact) mass is 296 g/mol. The van der Waals surface area contributed by atoms with Crippen LogP contribution in [-0.2, 0) is 0 Å². The van der Waals surface area contributed by atoms with Crippen molar-refractivity contribution in [2.75, 3.05) is 31.1 Å². The Kier molecular flexibility index (Phi) is 5.09. The summed E-state index contributed by atoms with van der Waals surface area (Å²) in [6.07, 6.45) is 0.591. The van der Waals surface area contributed by atoms with Crippen molar-refractivity contribution in [1.29, 1.82) is 0 Å². The van der Waals surface area contributed by atoms with Gasteiger partial charge < -0.3 is 15.8 Å². The summed E-state index contributed by atoms with van der Waals surface area (Å²) in [5, 5.41) is 12.4. The average molecular weight is 297 g/mol. The highest BCUT2D eigenvalue weighted by atomic mass is 35.5. The fourth-order valence-corrected chi connectivity index (χ4v) is 2.75. The van der Waals surface area contributed by atoms with Crippen molar-refractivity contribution in [3.05, 3.63) is 29.3 Å². The minimum absolute atomic E-state index is 0.285. The number of halogens is 1. The van der Waals surface area contributed by atoms with E-state index in [1.54, 1.807) is 0 Å². The van der Waals surface area contributed by atoms with E-state index in [-0.39, 0.29) is 11.9 Å². The van der Waals surface area contributed by atoms with Gasteiger partial charge in [-0.2, -0.15) is 0 Å². The fraction of sp³-hybridized carbons (Fsp3) is 0.500. The van der Waals surface area contributed by atoms with Crippen LogP contribution in [0.1, 0.15) is 13.3 Å². The first-order valence-corrected chi connectivity index (χ1v) is 7.19. The molecule has 1 unspecified atom stereocenters. The van der Waals surface area contributed by atoms with E-state index in [4.69, 9.17) is 22.5 Å². The molecule has 1 aliphatic rings. The quantitative estimate of drug-likeness (QED) is 0.386. The number of hydrogen-bond donors (Lipinski definition) is 2. The molecule has 0 amide bonds. The van der Waals surface area contributed by atoms with Gasteiger partial charge in [0.15, 0.2) is 0 Å². The fourth-order valence-electron chi connectivity index (χ4n) is 2.57. The van der Waals surface area contributed by atoms with Crippen LogP contribution in [0.5, 0.6) is 0 Å². The zero-order valence-electron chi connectivity index (χ0n) is 11.7. The lowest BCUT2D eigenvalue weighted by Crippen LogP contribution is -2.50. The molecule has 1 saturated heterocycles. The molecule has 1 atom stereocenters. The molecule has 5 nitrogen and oxygen atoms in total. The van der Waals surface area contributed by atoms with E-state index in [2.05, 4.69) is 27.9 Å². The van der Waals surface area contributed by atoms with Crippen molar-refractivity contribution in [3.8, 4) is 0 Å². The van der Waals surface area contributed by atoms with E-state index < -0.39 is 0 Å². The topological polar surface area (TPSA) is 65.1 Å². The highest BCUT2D eigenvalue weighted by Gasteiger charge is 2.22. The first kappa shape index (κ1) is 14.9. The Labute approximate surface area is 124 Å². The molecule has 0 aromatic heterocycles. The van der Waals surface area contributed by atoms with Crippen molar-refractivity contribution in [2.24, 2.45) is 10.9 Å². The van der Waals surface area contributed by atoms with Crippen LogP contribution in [0.4, 0.5) is 5.69 Å². The van der Waals surface area contributed by atoms with Crippen molar-refractivity contribution >= 4 is 23.1 Å². The summed E-state index contributed by atoms with van der Waals surface area (Å²) < 4.78 is 0. The van der Waals surface area contributed by atoms with Gasteiger partial charge in [-0.05, 0) is 25.1 Å². The number of oxime groups is 1. The maximum absolute atomic E-state index is 8.62. The van der Waals surface area contributed by atoms with E-state index in [0.717, 1.165) is 31.2 Å². The van der Waals surface area contributed by atoms with Gasteiger partial charge in [-0.3, -0.25) is 4.90 Å². The normalized spacial score (nSPS) is 19.1. The van der Waals surface area contributed by atoms with Crippen molar-refractivity contribution in [2.45, 2.75) is 19.4 Å². The highest BCUT2D eigenvalue weighted by Crippen LogP contribution is 2.21. The summed E-state index contributed by atoms with van der Waals surface area (Å²) in [5.41, 5.74) is 6.73. The Bertz CT molecular complexity index is 472. The van der Waals surface area contributed by atoms with Crippen LogP contribution >= 0.6 is 11.6 Å². The Morgan fingerprint density at radius 2 is 2.10 bits per heavy atom. The van der Waals surface area contributed by atoms with Crippen LogP contribution in [-0.4, -0.2) is 48.2 Å². The lowest BCUT2D eigenvalue weighted by molar-refractivity contribution is 0.199. The van der Waals surface area contributed by atoms with E-state index in [0.29, 0.717) is 6.42 Å². The van der Waals surface area contributed by atoms with E-state index in [9.17, 15) is 0 Å². The third kappa shape index (κ3) is 3.77. The molecule has 20 heavy (non-hydrogen) atoms. The number of anilines is 1. The Morgan fingerprint density at radius 3 is 2.70 bits per heavy atom. The molecule has 0 aliphatic carbocycles. The number of piperazine rings is 1. The number of nitrogens with two attached hydrogens (primary N) is 1. The van der Waals surface area contributed by atoms with Crippen molar-refractivity contribution in [1.82, 2.24) is 4.90 Å². The Hall–Kier alpha value is -1.46. The third-order valence-electron chi connectivity index (χ3n) is 3.74. The molecule has 0 radical (unpaired) electrons. The van der Waals surface area contributed by atoms with Gasteiger partial charge >= 0.3 is 0 Å². The summed E-state index contributed by atoms with van der Waals surface area (Å²) in [7, 11) is 0. The Morgan fingerprint density at radius 1 is 1.40 bits per heavy atom. The van der Waals surface area contributed by atoms with Gasteiger partial charge in [0.05, 0.1) is 0 Å². The lowest BCUT2D eigenvalue weighted by Gasteiger charge is -2.39. The average Bonchev–Trinajstić information content (AvgIpc) is 2.47. The largest absolute Gasteiger partial charge is 0.409 e. The number of nitrogens with zero attached hydrogens (tertiary/aromatic N) is 3. The van der Waals surface area contributed by atoms with Crippen LogP contribution in [0.25, 0.3) is 0 Å². The molecule has 2 rings (SSSR count). The summed E-state index contributed by atoms with van der Waals surface area (Å²) >= 11 is 6.03. The number of hydrogen-bond acceptors (Lipinski definition) is 4. The van der Waals surface area contributed by atoms with Crippen LogP contribution in [0, 0.1) is 0 Å². The smallest absolute Gasteiger partial charge is 0.140 e. The second-order valence-corrected chi connectivity index (χ2v) is 5.58. The third-order valence-corrected chi connectivity index (χ3v) is 3.98. The molecule has 1 aromatic rings. The molecule has 0 bridgehead atoms. The minimum atomic E-state index is 0.285. The van der Waals surface area contributed by atoms with Gasteiger partial charge in [0.1, 0.15) is 5.84 Å². The standard InChI is InChI=1S/C14H21ClN4O/c1-11(9-14(16)17-20)18-5-7-19(8-6-18)13-4-2-3-12(15)10-13/h2-4,10-11,20H,5-9H2,1H3,(H2,16,17). The summed E-state index contributed by atoms with van der Waals surface area (Å²) in [6, 6.07) is 8.23. The molecule has 3 N–H and O–H groups in total. The molecule has 0 spiro atoms. The maximum atomic E-state index is 8.62. The molecule has 1 fully saturated rings. The SMILES string of the molecule is CC(CC(N)=NO)N1CCN(c2cccc(Cl)c2)CC1. The number of benzene rings is 1.